The van der Waals surface area contributed by atoms with Crippen LogP contribution in [0.1, 0.15) is 117 Å². The molecule has 0 aromatic heterocycles. The number of aliphatic hydroxyl groups excluding tert-OH is 1. The Kier molecular flexibility index (Phi) is 21.6. The first kappa shape index (κ1) is 24.3. The maximum absolute atomic E-state index is 9.27. The molecule has 0 fully saturated rings. The van der Waals surface area contributed by atoms with Crippen LogP contribution in [0.5, 0.6) is 0 Å². The van der Waals surface area contributed by atoms with Crippen LogP contribution >= 0.6 is 11.8 Å². The van der Waals surface area contributed by atoms with Crippen molar-refractivity contribution in [2.24, 2.45) is 5.92 Å². The third kappa shape index (κ3) is 18.6. The molecule has 0 amide bonds. The lowest BCUT2D eigenvalue weighted by atomic mass is 10.0. The fourth-order valence-electron chi connectivity index (χ4n) is 3.28. The van der Waals surface area contributed by atoms with E-state index in [0.29, 0.717) is 12.5 Å². The van der Waals surface area contributed by atoms with E-state index in [4.69, 9.17) is 0 Å². The summed E-state index contributed by atoms with van der Waals surface area (Å²) in [6.45, 7) is 4.87. The molecule has 1 unspecified atom stereocenters. The van der Waals surface area contributed by atoms with Crippen molar-refractivity contribution in [1.82, 2.24) is 0 Å². The molecule has 1 nitrogen and oxygen atoms in total. The van der Waals surface area contributed by atoms with Gasteiger partial charge >= 0.3 is 0 Å². The minimum Gasteiger partial charge on any atom is -0.396 e. The Bertz CT molecular complexity index is 220. The molecular weight excluding hydrogens is 312 g/mol. The van der Waals surface area contributed by atoms with Gasteiger partial charge in [0.25, 0.3) is 0 Å². The lowest BCUT2D eigenvalue weighted by molar-refractivity contribution is 0.232. The second-order valence-corrected chi connectivity index (χ2v) is 8.66. The van der Waals surface area contributed by atoms with Gasteiger partial charge in [-0.05, 0) is 30.3 Å². The molecule has 0 aliphatic carbocycles. The molecule has 0 aliphatic heterocycles. The first-order valence-corrected chi connectivity index (χ1v) is 12.2. The summed E-state index contributed by atoms with van der Waals surface area (Å²) in [5.41, 5.74) is 0. The van der Waals surface area contributed by atoms with E-state index >= 15 is 0 Å². The van der Waals surface area contributed by atoms with Crippen LogP contribution in [0.4, 0.5) is 0 Å². The molecule has 0 rings (SSSR count). The van der Waals surface area contributed by atoms with Crippen molar-refractivity contribution in [2.75, 3.05) is 18.1 Å². The number of hydrogen-bond donors (Lipinski definition) is 1. The Morgan fingerprint density at radius 1 is 0.625 bits per heavy atom. The maximum Gasteiger partial charge on any atom is 0.0467 e. The molecule has 146 valence electrons. The van der Waals surface area contributed by atoms with Crippen molar-refractivity contribution >= 4 is 11.8 Å². The molecule has 1 N–H and O–H groups in total. The molecule has 24 heavy (non-hydrogen) atoms. The van der Waals surface area contributed by atoms with Crippen LogP contribution in [0, 0.1) is 5.92 Å². The van der Waals surface area contributed by atoms with E-state index in [1.54, 1.807) is 0 Å². The normalized spacial score (nSPS) is 12.6. The first-order valence-electron chi connectivity index (χ1n) is 11.0. The Balaban J connectivity index is 3.07. The highest BCUT2D eigenvalue weighted by atomic mass is 32.2. The predicted octanol–water partition coefficient (Wildman–Crippen LogP) is 7.61. The number of thioether (sulfide) groups is 1. The second kappa shape index (κ2) is 21.4. The monoisotopic (exact) mass is 358 g/mol. The fraction of sp³-hybridized carbons (Fsp3) is 1.00. The largest absolute Gasteiger partial charge is 0.396 e. The average Bonchev–Trinajstić information content (AvgIpc) is 2.60. The summed E-state index contributed by atoms with van der Waals surface area (Å²) in [5, 5.41) is 9.27. The van der Waals surface area contributed by atoms with Gasteiger partial charge in [0.05, 0.1) is 0 Å². The van der Waals surface area contributed by atoms with Crippen molar-refractivity contribution in [1.29, 1.82) is 0 Å². The second-order valence-electron chi connectivity index (χ2n) is 7.51. The summed E-state index contributed by atoms with van der Waals surface area (Å²) < 4.78 is 0. The average molecular weight is 359 g/mol. The molecule has 0 saturated heterocycles. The maximum atomic E-state index is 9.27. The van der Waals surface area contributed by atoms with Crippen LogP contribution in [-0.4, -0.2) is 23.2 Å². The van der Waals surface area contributed by atoms with Crippen LogP contribution in [0.25, 0.3) is 0 Å². The number of hydrogen-bond acceptors (Lipinski definition) is 2. The van der Waals surface area contributed by atoms with Crippen molar-refractivity contribution < 1.29 is 5.11 Å². The molecule has 1 atom stereocenters. The lowest BCUT2D eigenvalue weighted by Crippen LogP contribution is -2.08. The van der Waals surface area contributed by atoms with E-state index in [2.05, 4.69) is 25.6 Å². The molecule has 0 aliphatic rings. The van der Waals surface area contributed by atoms with Crippen LogP contribution < -0.4 is 0 Å². The Morgan fingerprint density at radius 2 is 1.08 bits per heavy atom. The van der Waals surface area contributed by atoms with Crippen LogP contribution in [0.3, 0.4) is 0 Å². The zero-order chi connectivity index (χ0) is 17.7. The van der Waals surface area contributed by atoms with Crippen molar-refractivity contribution in [3.8, 4) is 0 Å². The van der Waals surface area contributed by atoms with Gasteiger partial charge in [0.1, 0.15) is 0 Å². The van der Waals surface area contributed by atoms with Gasteiger partial charge in [0.15, 0.2) is 0 Å². The summed E-state index contributed by atoms with van der Waals surface area (Å²) >= 11 is 2.05. The first-order chi connectivity index (χ1) is 11.8. The minimum atomic E-state index is 0.375. The van der Waals surface area contributed by atoms with E-state index in [0.717, 1.165) is 5.75 Å². The molecule has 0 saturated carbocycles. The summed E-state index contributed by atoms with van der Waals surface area (Å²) in [4.78, 5) is 0. The highest BCUT2D eigenvalue weighted by Crippen LogP contribution is 2.17. The predicted molar refractivity (Wildman–Crippen MR) is 113 cm³/mol. The SMILES string of the molecule is CCCCCCCCCCCCCCCCSCC(CO)CCC. The van der Waals surface area contributed by atoms with Crippen LogP contribution in [-0.2, 0) is 0 Å². The van der Waals surface area contributed by atoms with Gasteiger partial charge < -0.3 is 5.11 Å². The van der Waals surface area contributed by atoms with Crippen molar-refractivity contribution in [2.45, 2.75) is 117 Å². The van der Waals surface area contributed by atoms with E-state index in [1.807, 2.05) is 0 Å². The van der Waals surface area contributed by atoms with Crippen molar-refractivity contribution in [3.63, 3.8) is 0 Å². The molecule has 0 aromatic carbocycles. The Hall–Kier alpha value is 0.310. The zero-order valence-corrected chi connectivity index (χ0v) is 17.7. The van der Waals surface area contributed by atoms with Gasteiger partial charge in [-0.1, -0.05) is 104 Å². The molecule has 0 radical (unpaired) electrons. The molecule has 0 bridgehead atoms. The van der Waals surface area contributed by atoms with E-state index in [1.165, 1.54) is 108 Å². The topological polar surface area (TPSA) is 20.2 Å². The smallest absolute Gasteiger partial charge is 0.0467 e. The van der Waals surface area contributed by atoms with E-state index < -0.39 is 0 Å². The molecule has 0 aromatic rings. The molecule has 2 heteroatoms. The van der Waals surface area contributed by atoms with Gasteiger partial charge in [0, 0.05) is 6.61 Å². The van der Waals surface area contributed by atoms with Gasteiger partial charge in [-0.3, -0.25) is 0 Å². The number of unbranched alkanes of at least 4 members (excludes halogenated alkanes) is 13. The number of aliphatic hydroxyl groups is 1. The fourth-order valence-corrected chi connectivity index (χ4v) is 4.46. The van der Waals surface area contributed by atoms with Crippen molar-refractivity contribution in [3.05, 3.63) is 0 Å². The third-order valence-electron chi connectivity index (χ3n) is 4.95. The molecular formula is C22H46OS. The zero-order valence-electron chi connectivity index (χ0n) is 16.9. The summed E-state index contributed by atoms with van der Waals surface area (Å²) in [6, 6.07) is 0. The third-order valence-corrected chi connectivity index (χ3v) is 6.24. The summed E-state index contributed by atoms with van der Waals surface area (Å²) in [6.07, 6.45) is 22.5. The Morgan fingerprint density at radius 3 is 1.50 bits per heavy atom. The molecule has 0 spiro atoms. The van der Waals surface area contributed by atoms with Gasteiger partial charge in [-0.25, -0.2) is 0 Å². The quantitative estimate of drug-likeness (QED) is 0.226. The van der Waals surface area contributed by atoms with Crippen LogP contribution in [0.15, 0.2) is 0 Å². The van der Waals surface area contributed by atoms with Gasteiger partial charge in [-0.2, -0.15) is 11.8 Å². The Labute approximate surface area is 157 Å². The number of rotatable bonds is 20. The van der Waals surface area contributed by atoms with Gasteiger partial charge in [-0.15, -0.1) is 0 Å². The summed E-state index contributed by atoms with van der Waals surface area (Å²) in [5.74, 6) is 2.98. The highest BCUT2D eigenvalue weighted by molar-refractivity contribution is 7.99. The van der Waals surface area contributed by atoms with E-state index in [9.17, 15) is 5.11 Å². The van der Waals surface area contributed by atoms with E-state index in [-0.39, 0.29) is 0 Å². The van der Waals surface area contributed by atoms with Gasteiger partial charge in [0.2, 0.25) is 0 Å². The standard InChI is InChI=1S/C22H46OS/c1-3-5-6-7-8-9-10-11-12-13-14-15-16-17-19-24-21-22(20-23)18-4-2/h22-23H,3-21H2,1-2H3. The lowest BCUT2D eigenvalue weighted by Gasteiger charge is -2.12. The minimum absolute atomic E-state index is 0.375. The van der Waals surface area contributed by atoms with Crippen LogP contribution in [0.2, 0.25) is 0 Å². The summed E-state index contributed by atoms with van der Waals surface area (Å²) in [7, 11) is 0. The molecule has 0 heterocycles. The highest BCUT2D eigenvalue weighted by Gasteiger charge is 2.05.